The van der Waals surface area contributed by atoms with Gasteiger partial charge in [0.1, 0.15) is 17.5 Å². The van der Waals surface area contributed by atoms with Gasteiger partial charge in [-0.25, -0.2) is 13.8 Å². The Labute approximate surface area is 129 Å². The zero-order valence-corrected chi connectivity index (χ0v) is 13.1. The van der Waals surface area contributed by atoms with Crippen molar-refractivity contribution in [2.24, 2.45) is 0 Å². The molecule has 1 amide bonds. The first-order valence-electron chi connectivity index (χ1n) is 6.29. The molecule has 0 aliphatic carbocycles. The van der Waals surface area contributed by atoms with Gasteiger partial charge >= 0.3 is 0 Å². The molecule has 0 fully saturated rings. The van der Waals surface area contributed by atoms with Crippen molar-refractivity contribution in [2.75, 3.05) is 5.32 Å². The van der Waals surface area contributed by atoms with E-state index < -0.39 is 11.6 Å². The third kappa shape index (κ3) is 3.87. The number of imidazole rings is 1. The van der Waals surface area contributed by atoms with E-state index in [2.05, 4.69) is 26.2 Å². The van der Waals surface area contributed by atoms with Crippen LogP contribution in [0.25, 0.3) is 0 Å². The van der Waals surface area contributed by atoms with Crippen LogP contribution in [-0.4, -0.2) is 20.3 Å². The number of nitrogens with zero attached hydrogens (tertiary/aromatic N) is 2. The molecule has 2 aromatic rings. The number of alkyl halides is 1. The van der Waals surface area contributed by atoms with Gasteiger partial charge in [-0.3, -0.25) is 4.79 Å². The molecule has 1 atom stereocenters. The summed E-state index contributed by atoms with van der Waals surface area (Å²) in [7, 11) is 0. The van der Waals surface area contributed by atoms with Gasteiger partial charge < -0.3 is 9.88 Å². The van der Waals surface area contributed by atoms with E-state index in [9.17, 15) is 13.6 Å². The van der Waals surface area contributed by atoms with E-state index in [1.165, 1.54) is 12.1 Å². The number of carbonyl (C=O) groups is 1. The summed E-state index contributed by atoms with van der Waals surface area (Å²) in [5.41, 5.74) is 0.351. The molecule has 1 heterocycles. The maximum Gasteiger partial charge on any atom is 0.239 e. The molecular weight excluding hydrogens is 344 g/mol. The molecule has 0 saturated heterocycles. The van der Waals surface area contributed by atoms with Gasteiger partial charge in [-0.05, 0) is 19.9 Å². The standard InChI is InChI=1S/C14H14BrF2N3O/c1-8(15)14(21)19-13-7-20(9(2)18-13)6-10-3-4-11(16)5-12(10)17/h3-5,7-8H,6H2,1-2H3,(H,19,21). The van der Waals surface area contributed by atoms with E-state index >= 15 is 0 Å². The van der Waals surface area contributed by atoms with Crippen LogP contribution < -0.4 is 5.32 Å². The lowest BCUT2D eigenvalue weighted by atomic mass is 10.2. The van der Waals surface area contributed by atoms with Crippen LogP contribution in [0.1, 0.15) is 18.3 Å². The van der Waals surface area contributed by atoms with Crippen LogP contribution in [0.5, 0.6) is 0 Å². The van der Waals surface area contributed by atoms with Gasteiger partial charge in [-0.1, -0.05) is 22.0 Å². The topological polar surface area (TPSA) is 46.9 Å². The highest BCUT2D eigenvalue weighted by Crippen LogP contribution is 2.15. The molecule has 0 radical (unpaired) electrons. The minimum atomic E-state index is -0.613. The number of amides is 1. The largest absolute Gasteiger partial charge is 0.328 e. The zero-order chi connectivity index (χ0) is 15.6. The second-order valence-corrected chi connectivity index (χ2v) is 6.02. The summed E-state index contributed by atoms with van der Waals surface area (Å²) in [4.78, 5) is 15.4. The van der Waals surface area contributed by atoms with Gasteiger partial charge in [0, 0.05) is 17.8 Å². The van der Waals surface area contributed by atoms with Crippen molar-refractivity contribution >= 4 is 27.7 Å². The van der Waals surface area contributed by atoms with Crippen molar-refractivity contribution < 1.29 is 13.6 Å². The highest BCUT2D eigenvalue weighted by atomic mass is 79.9. The second-order valence-electron chi connectivity index (χ2n) is 4.64. The molecule has 0 bridgehead atoms. The van der Waals surface area contributed by atoms with Crippen LogP contribution in [0, 0.1) is 18.6 Å². The first kappa shape index (κ1) is 15.6. The van der Waals surface area contributed by atoms with Crippen LogP contribution in [0.4, 0.5) is 14.6 Å². The molecule has 2 rings (SSSR count). The number of hydrogen-bond acceptors (Lipinski definition) is 2. The SMILES string of the molecule is Cc1nc(NC(=O)C(C)Br)cn1Cc1ccc(F)cc1F. The van der Waals surface area contributed by atoms with Crippen molar-refractivity contribution in [1.82, 2.24) is 9.55 Å². The Balaban J connectivity index is 2.17. The number of carbonyl (C=O) groups excluding carboxylic acids is 1. The molecule has 4 nitrogen and oxygen atoms in total. The van der Waals surface area contributed by atoms with Crippen molar-refractivity contribution in [3.8, 4) is 0 Å². The number of benzene rings is 1. The maximum absolute atomic E-state index is 13.6. The number of rotatable bonds is 4. The lowest BCUT2D eigenvalue weighted by Gasteiger charge is -2.06. The summed E-state index contributed by atoms with van der Waals surface area (Å²) in [6.45, 7) is 3.66. The first-order chi connectivity index (χ1) is 9.86. The molecular formula is C14H14BrF2N3O. The Kier molecular flexibility index (Phi) is 4.72. The molecule has 21 heavy (non-hydrogen) atoms. The summed E-state index contributed by atoms with van der Waals surface area (Å²) >= 11 is 3.16. The summed E-state index contributed by atoms with van der Waals surface area (Å²) in [6, 6.07) is 3.44. The molecule has 0 spiro atoms. The number of nitrogens with one attached hydrogen (secondary N) is 1. The number of anilines is 1. The van der Waals surface area contributed by atoms with Crippen molar-refractivity contribution in [3.63, 3.8) is 0 Å². The smallest absolute Gasteiger partial charge is 0.239 e. The molecule has 112 valence electrons. The minimum Gasteiger partial charge on any atom is -0.328 e. The van der Waals surface area contributed by atoms with Crippen LogP contribution >= 0.6 is 15.9 Å². The fourth-order valence-electron chi connectivity index (χ4n) is 1.79. The molecule has 0 aliphatic heterocycles. The van der Waals surface area contributed by atoms with Gasteiger partial charge in [0.25, 0.3) is 0 Å². The summed E-state index contributed by atoms with van der Waals surface area (Å²) in [5, 5.41) is 2.64. The number of halogens is 3. The van der Waals surface area contributed by atoms with Crippen LogP contribution in [0.15, 0.2) is 24.4 Å². The van der Waals surface area contributed by atoms with Crippen molar-refractivity contribution in [2.45, 2.75) is 25.2 Å². The van der Waals surface area contributed by atoms with Crippen LogP contribution in [0.3, 0.4) is 0 Å². The van der Waals surface area contributed by atoms with E-state index in [0.717, 1.165) is 6.07 Å². The molecule has 1 aromatic heterocycles. The molecule has 1 aromatic carbocycles. The third-order valence-electron chi connectivity index (χ3n) is 2.94. The Morgan fingerprint density at radius 3 is 2.81 bits per heavy atom. The Hall–Kier alpha value is -1.76. The van der Waals surface area contributed by atoms with Crippen molar-refractivity contribution in [3.05, 3.63) is 47.4 Å². The van der Waals surface area contributed by atoms with Gasteiger partial charge in [0.15, 0.2) is 5.82 Å². The minimum absolute atomic E-state index is 0.213. The summed E-state index contributed by atoms with van der Waals surface area (Å²) < 4.78 is 28.2. The highest BCUT2D eigenvalue weighted by Gasteiger charge is 2.13. The van der Waals surface area contributed by atoms with E-state index in [-0.39, 0.29) is 17.3 Å². The molecule has 0 aliphatic rings. The Bertz CT molecular complexity index is 670. The predicted molar refractivity (Wildman–Crippen MR) is 79.4 cm³/mol. The van der Waals surface area contributed by atoms with E-state index in [1.54, 1.807) is 24.6 Å². The maximum atomic E-state index is 13.6. The quantitative estimate of drug-likeness (QED) is 0.853. The Morgan fingerprint density at radius 1 is 1.48 bits per heavy atom. The normalized spacial score (nSPS) is 12.2. The average Bonchev–Trinajstić information content (AvgIpc) is 2.73. The Morgan fingerprint density at radius 2 is 2.19 bits per heavy atom. The average molecular weight is 358 g/mol. The van der Waals surface area contributed by atoms with Gasteiger partial charge in [-0.15, -0.1) is 0 Å². The number of hydrogen-bond donors (Lipinski definition) is 1. The highest BCUT2D eigenvalue weighted by molar-refractivity contribution is 9.10. The summed E-state index contributed by atoms with van der Waals surface area (Å²) in [5.74, 6) is -0.421. The number of aryl methyl sites for hydroxylation is 1. The molecule has 0 saturated carbocycles. The van der Waals surface area contributed by atoms with Crippen molar-refractivity contribution in [1.29, 1.82) is 0 Å². The zero-order valence-electron chi connectivity index (χ0n) is 11.5. The lowest BCUT2D eigenvalue weighted by molar-refractivity contribution is -0.115. The molecule has 1 N–H and O–H groups in total. The second kappa shape index (κ2) is 6.34. The van der Waals surface area contributed by atoms with Gasteiger partial charge in [0.05, 0.1) is 11.4 Å². The van der Waals surface area contributed by atoms with E-state index in [1.807, 2.05) is 0 Å². The first-order valence-corrected chi connectivity index (χ1v) is 7.21. The molecule has 1 unspecified atom stereocenters. The molecule has 7 heteroatoms. The van der Waals surface area contributed by atoms with Gasteiger partial charge in [-0.2, -0.15) is 0 Å². The fourth-order valence-corrected chi connectivity index (χ4v) is 1.90. The van der Waals surface area contributed by atoms with Crippen LogP contribution in [-0.2, 0) is 11.3 Å². The van der Waals surface area contributed by atoms with Gasteiger partial charge in [0.2, 0.25) is 5.91 Å². The van der Waals surface area contributed by atoms with E-state index in [4.69, 9.17) is 0 Å². The monoisotopic (exact) mass is 357 g/mol. The third-order valence-corrected chi connectivity index (χ3v) is 3.36. The predicted octanol–water partition coefficient (Wildman–Crippen LogP) is 3.24. The summed E-state index contributed by atoms with van der Waals surface area (Å²) in [6.07, 6.45) is 1.62. The van der Waals surface area contributed by atoms with Crippen LogP contribution in [0.2, 0.25) is 0 Å². The van der Waals surface area contributed by atoms with E-state index in [0.29, 0.717) is 17.2 Å². The lowest BCUT2D eigenvalue weighted by Crippen LogP contribution is -2.20. The number of aromatic nitrogens is 2. The fraction of sp³-hybridized carbons (Fsp3) is 0.286.